The zero-order valence-corrected chi connectivity index (χ0v) is 14.8. The van der Waals surface area contributed by atoms with Gasteiger partial charge >= 0.3 is 5.76 Å². The van der Waals surface area contributed by atoms with Gasteiger partial charge in [-0.1, -0.05) is 18.9 Å². The van der Waals surface area contributed by atoms with Crippen LogP contribution >= 0.6 is 11.3 Å². The molecule has 0 radical (unpaired) electrons. The second kappa shape index (κ2) is 6.48. The van der Waals surface area contributed by atoms with E-state index in [2.05, 4.69) is 10.3 Å². The van der Waals surface area contributed by atoms with Crippen LogP contribution in [0.15, 0.2) is 27.4 Å². The smallest absolute Gasteiger partial charge is 0.407 e. The number of aromatic nitrogens is 2. The van der Waals surface area contributed by atoms with E-state index in [0.29, 0.717) is 21.8 Å². The van der Waals surface area contributed by atoms with Crippen LogP contribution < -0.4 is 11.1 Å². The molecule has 0 atom stereocenters. The van der Waals surface area contributed by atoms with Crippen molar-refractivity contribution in [2.24, 2.45) is 7.05 Å². The van der Waals surface area contributed by atoms with Gasteiger partial charge < -0.3 is 4.42 Å². The predicted molar refractivity (Wildman–Crippen MR) is 97.4 cm³/mol. The number of rotatable bonds is 2. The third-order valence-corrected chi connectivity index (χ3v) is 5.70. The van der Waals surface area contributed by atoms with Gasteiger partial charge in [0.05, 0.1) is 16.8 Å². The Hall–Kier alpha value is -2.41. The minimum atomic E-state index is -0.479. The topological polar surface area (TPSA) is 77.1 Å². The molecule has 1 amide bonds. The molecule has 2 heterocycles. The third-order valence-electron chi connectivity index (χ3n) is 4.63. The number of carbonyl (C=O) groups is 1. The molecular formula is C18H19N3O3S. The van der Waals surface area contributed by atoms with E-state index in [9.17, 15) is 9.59 Å². The highest BCUT2D eigenvalue weighted by Gasteiger charge is 2.19. The zero-order valence-electron chi connectivity index (χ0n) is 14.0. The van der Waals surface area contributed by atoms with E-state index < -0.39 is 5.76 Å². The van der Waals surface area contributed by atoms with Crippen molar-refractivity contribution in [1.29, 1.82) is 0 Å². The molecule has 0 fully saturated rings. The SMILES string of the molecule is Cn1c(=O)oc2c(C(=O)Nc3nc4c(s3)CCCCCC4)cccc21. The molecule has 1 aliphatic carbocycles. The molecule has 1 aliphatic rings. The van der Waals surface area contributed by atoms with E-state index >= 15 is 0 Å². The first-order valence-electron chi connectivity index (χ1n) is 8.52. The number of nitrogens with zero attached hydrogens (tertiary/aromatic N) is 2. The molecule has 1 N–H and O–H groups in total. The first-order valence-corrected chi connectivity index (χ1v) is 9.33. The maximum Gasteiger partial charge on any atom is 0.419 e. The molecule has 0 spiro atoms. The number of hydrogen-bond donors (Lipinski definition) is 1. The van der Waals surface area contributed by atoms with Crippen molar-refractivity contribution in [1.82, 2.24) is 9.55 Å². The van der Waals surface area contributed by atoms with Crippen LogP contribution in [0.1, 0.15) is 46.6 Å². The fourth-order valence-electron chi connectivity index (χ4n) is 3.25. The zero-order chi connectivity index (χ0) is 17.4. The normalized spacial score (nSPS) is 14.8. The second-order valence-electron chi connectivity index (χ2n) is 6.34. The Morgan fingerprint density at radius 1 is 1.24 bits per heavy atom. The summed E-state index contributed by atoms with van der Waals surface area (Å²) in [5.41, 5.74) is 2.37. The van der Waals surface area contributed by atoms with Crippen LogP contribution in [0.2, 0.25) is 0 Å². The Labute approximate surface area is 148 Å². The summed E-state index contributed by atoms with van der Waals surface area (Å²) in [5.74, 6) is -0.783. The van der Waals surface area contributed by atoms with Gasteiger partial charge in [0.1, 0.15) is 0 Å². The molecule has 2 aromatic heterocycles. The van der Waals surface area contributed by atoms with Crippen LogP contribution in [-0.2, 0) is 19.9 Å². The lowest BCUT2D eigenvalue weighted by molar-refractivity contribution is 0.102. The number of amides is 1. The van der Waals surface area contributed by atoms with E-state index in [1.54, 1.807) is 36.6 Å². The number of aryl methyl sites for hydroxylation is 3. The maximum atomic E-state index is 12.7. The molecule has 6 nitrogen and oxygen atoms in total. The van der Waals surface area contributed by atoms with Crippen LogP contribution in [0.5, 0.6) is 0 Å². The Balaban J connectivity index is 1.63. The monoisotopic (exact) mass is 357 g/mol. The molecule has 3 aromatic rings. The quantitative estimate of drug-likeness (QED) is 0.761. The van der Waals surface area contributed by atoms with Crippen LogP contribution in [0.25, 0.3) is 11.1 Å². The number of hydrogen-bond acceptors (Lipinski definition) is 5. The lowest BCUT2D eigenvalue weighted by Gasteiger charge is -2.06. The van der Waals surface area contributed by atoms with Crippen molar-refractivity contribution in [2.45, 2.75) is 38.5 Å². The van der Waals surface area contributed by atoms with Gasteiger partial charge in [0.2, 0.25) is 0 Å². The van der Waals surface area contributed by atoms with E-state index in [4.69, 9.17) is 4.42 Å². The van der Waals surface area contributed by atoms with Crippen LogP contribution in [0.4, 0.5) is 5.13 Å². The highest BCUT2D eigenvalue weighted by Crippen LogP contribution is 2.29. The van der Waals surface area contributed by atoms with Gasteiger partial charge in [-0.15, -0.1) is 11.3 Å². The highest BCUT2D eigenvalue weighted by molar-refractivity contribution is 7.15. The largest absolute Gasteiger partial charge is 0.419 e. The molecule has 130 valence electrons. The van der Waals surface area contributed by atoms with E-state index in [0.717, 1.165) is 25.0 Å². The van der Waals surface area contributed by atoms with Crippen molar-refractivity contribution in [3.8, 4) is 0 Å². The number of benzene rings is 1. The lowest BCUT2D eigenvalue weighted by Crippen LogP contribution is -2.12. The minimum absolute atomic E-state index is 0.304. The highest BCUT2D eigenvalue weighted by atomic mass is 32.1. The number of para-hydroxylation sites is 1. The van der Waals surface area contributed by atoms with Crippen LogP contribution in [0.3, 0.4) is 0 Å². The molecule has 4 rings (SSSR count). The summed E-state index contributed by atoms with van der Waals surface area (Å²) in [6.45, 7) is 0. The molecule has 7 heteroatoms. The van der Waals surface area contributed by atoms with E-state index in [1.807, 2.05) is 0 Å². The molecule has 0 unspecified atom stereocenters. The van der Waals surface area contributed by atoms with Crippen LogP contribution in [-0.4, -0.2) is 15.5 Å². The molecule has 0 bridgehead atoms. The third kappa shape index (κ3) is 3.00. The Kier molecular flexibility index (Phi) is 4.17. The van der Waals surface area contributed by atoms with Gasteiger partial charge in [-0.2, -0.15) is 0 Å². The first kappa shape index (κ1) is 16.1. The van der Waals surface area contributed by atoms with Gasteiger partial charge in [-0.25, -0.2) is 9.78 Å². The number of thiazole rings is 1. The van der Waals surface area contributed by atoms with Crippen LogP contribution in [0, 0.1) is 0 Å². The van der Waals surface area contributed by atoms with E-state index in [-0.39, 0.29) is 5.91 Å². The van der Waals surface area contributed by atoms with Crippen molar-refractivity contribution in [3.63, 3.8) is 0 Å². The van der Waals surface area contributed by atoms with E-state index in [1.165, 1.54) is 28.7 Å². The summed E-state index contributed by atoms with van der Waals surface area (Å²) < 4.78 is 6.62. The summed E-state index contributed by atoms with van der Waals surface area (Å²) in [6.07, 6.45) is 6.84. The number of fused-ring (bicyclic) bond motifs is 2. The van der Waals surface area contributed by atoms with Crippen molar-refractivity contribution in [3.05, 3.63) is 44.9 Å². The number of nitrogens with one attached hydrogen (secondary N) is 1. The summed E-state index contributed by atoms with van der Waals surface area (Å²) >= 11 is 1.55. The van der Waals surface area contributed by atoms with Crippen molar-refractivity contribution < 1.29 is 9.21 Å². The molecule has 0 saturated heterocycles. The maximum absolute atomic E-state index is 12.7. The predicted octanol–water partition coefficient (Wildman–Crippen LogP) is 3.50. The number of anilines is 1. The van der Waals surface area contributed by atoms with Gasteiger partial charge in [0.15, 0.2) is 10.7 Å². The van der Waals surface area contributed by atoms with Gasteiger partial charge in [0.25, 0.3) is 5.91 Å². The Morgan fingerprint density at radius 3 is 2.88 bits per heavy atom. The van der Waals surface area contributed by atoms with Gasteiger partial charge in [-0.3, -0.25) is 14.7 Å². The second-order valence-corrected chi connectivity index (χ2v) is 7.42. The Bertz CT molecular complexity index is 973. The average Bonchev–Trinajstić information content (AvgIpc) is 3.08. The summed E-state index contributed by atoms with van der Waals surface area (Å²) in [5, 5.41) is 3.49. The minimum Gasteiger partial charge on any atom is -0.407 e. The molecule has 0 saturated carbocycles. The Morgan fingerprint density at radius 2 is 2.04 bits per heavy atom. The van der Waals surface area contributed by atoms with Crippen molar-refractivity contribution >= 4 is 33.5 Å². The summed E-state index contributed by atoms with van der Waals surface area (Å²) in [7, 11) is 1.62. The molecule has 1 aromatic carbocycles. The number of carbonyl (C=O) groups excluding carboxylic acids is 1. The van der Waals surface area contributed by atoms with Gasteiger partial charge in [-0.05, 0) is 37.8 Å². The molecule has 0 aliphatic heterocycles. The number of oxazole rings is 1. The average molecular weight is 357 g/mol. The van der Waals surface area contributed by atoms with Gasteiger partial charge in [0, 0.05) is 11.9 Å². The van der Waals surface area contributed by atoms with Crippen molar-refractivity contribution in [2.75, 3.05) is 5.32 Å². The fourth-order valence-corrected chi connectivity index (χ4v) is 4.30. The fraction of sp³-hybridized carbons (Fsp3) is 0.389. The standard InChI is InChI=1S/C18H19N3O3S/c1-21-13-9-6-7-11(15(13)24-18(21)23)16(22)20-17-19-12-8-4-2-3-5-10-14(12)25-17/h6-7,9H,2-5,8,10H2,1H3,(H,19,20,22). The molecule has 25 heavy (non-hydrogen) atoms. The summed E-state index contributed by atoms with van der Waals surface area (Å²) in [6, 6.07) is 5.16. The lowest BCUT2D eigenvalue weighted by atomic mass is 10.0. The first-order chi connectivity index (χ1) is 12.1. The summed E-state index contributed by atoms with van der Waals surface area (Å²) in [4.78, 5) is 30.3. The molecular weight excluding hydrogens is 338 g/mol.